The molecule has 1 amide bonds. The minimum Gasteiger partial charge on any atom is -0.496 e. The second-order valence-corrected chi connectivity index (χ2v) is 4.27. The van der Waals surface area contributed by atoms with Crippen molar-refractivity contribution in [3.8, 4) is 5.75 Å². The summed E-state index contributed by atoms with van der Waals surface area (Å²) in [5.74, 6) is 0.346. The first kappa shape index (κ1) is 13.3. The minimum atomic E-state index is -0.367. The summed E-state index contributed by atoms with van der Waals surface area (Å²) in [7, 11) is 1.51. The van der Waals surface area contributed by atoms with Crippen LogP contribution < -0.4 is 10.1 Å². The van der Waals surface area contributed by atoms with Crippen LogP contribution in [0.2, 0.25) is 5.02 Å². The molecule has 0 aliphatic rings. The van der Waals surface area contributed by atoms with E-state index in [9.17, 15) is 4.79 Å². The molecule has 0 bridgehead atoms. The van der Waals surface area contributed by atoms with E-state index >= 15 is 0 Å². The van der Waals surface area contributed by atoms with Gasteiger partial charge in [0.05, 0.1) is 12.7 Å². The molecule has 0 unspecified atom stereocenters. The first-order valence-electron chi connectivity index (χ1n) is 5.54. The van der Waals surface area contributed by atoms with E-state index in [1.54, 1.807) is 30.6 Å². The zero-order valence-corrected chi connectivity index (χ0v) is 11.2. The Morgan fingerprint density at radius 3 is 2.63 bits per heavy atom. The number of halogens is 1. The van der Waals surface area contributed by atoms with Crippen LogP contribution in [0.3, 0.4) is 0 Å². The summed E-state index contributed by atoms with van der Waals surface area (Å²) in [4.78, 5) is 20.0. The molecule has 0 saturated carbocycles. The molecule has 0 radical (unpaired) electrons. The van der Waals surface area contributed by atoms with Crippen LogP contribution in [0.15, 0.2) is 30.6 Å². The number of carbonyl (C=O) groups excluding carboxylic acids is 1. The van der Waals surface area contributed by atoms with Crippen LogP contribution in [-0.2, 0) is 0 Å². The molecule has 0 spiro atoms. The van der Waals surface area contributed by atoms with Gasteiger partial charge in [0.2, 0.25) is 5.95 Å². The molecule has 0 saturated heterocycles. The highest BCUT2D eigenvalue weighted by molar-refractivity contribution is 6.31. The van der Waals surface area contributed by atoms with Crippen LogP contribution in [0.25, 0.3) is 0 Å². The van der Waals surface area contributed by atoms with E-state index < -0.39 is 0 Å². The average molecular weight is 278 g/mol. The molecular formula is C13H12ClN3O2. The largest absolute Gasteiger partial charge is 0.496 e. The Morgan fingerprint density at radius 2 is 2.00 bits per heavy atom. The number of benzene rings is 1. The summed E-state index contributed by atoms with van der Waals surface area (Å²) in [5.41, 5.74) is 1.13. The highest BCUT2D eigenvalue weighted by Gasteiger charge is 2.16. The maximum absolute atomic E-state index is 12.2. The Labute approximate surface area is 115 Å². The molecule has 0 aliphatic carbocycles. The predicted molar refractivity (Wildman–Crippen MR) is 72.7 cm³/mol. The van der Waals surface area contributed by atoms with Crippen molar-refractivity contribution >= 4 is 23.5 Å². The van der Waals surface area contributed by atoms with Crippen LogP contribution >= 0.6 is 11.6 Å². The fourth-order valence-corrected chi connectivity index (χ4v) is 1.97. The molecular weight excluding hydrogens is 266 g/mol. The van der Waals surface area contributed by atoms with E-state index in [1.165, 1.54) is 7.11 Å². The van der Waals surface area contributed by atoms with Gasteiger partial charge >= 0.3 is 0 Å². The standard InChI is InChI=1S/C13H12ClN3O2/c1-8-6-9(14)7-10(11(8)19-2)12(18)17-13-15-4-3-5-16-13/h3-7H,1-2H3,(H,15,16,17,18). The number of carbonyl (C=O) groups is 1. The van der Waals surface area contributed by atoms with E-state index in [1.807, 2.05) is 6.92 Å². The number of anilines is 1. The maximum atomic E-state index is 12.2. The summed E-state index contributed by atoms with van der Waals surface area (Å²) >= 11 is 5.96. The smallest absolute Gasteiger partial charge is 0.261 e. The summed E-state index contributed by atoms with van der Waals surface area (Å²) in [6, 6.07) is 4.95. The zero-order chi connectivity index (χ0) is 13.8. The van der Waals surface area contributed by atoms with Crippen molar-refractivity contribution in [3.63, 3.8) is 0 Å². The Kier molecular flexibility index (Phi) is 3.97. The van der Waals surface area contributed by atoms with Crippen molar-refractivity contribution in [1.29, 1.82) is 0 Å². The molecule has 0 fully saturated rings. The lowest BCUT2D eigenvalue weighted by Gasteiger charge is -2.11. The van der Waals surface area contributed by atoms with Crippen molar-refractivity contribution in [2.75, 3.05) is 12.4 Å². The van der Waals surface area contributed by atoms with Gasteiger partial charge in [0, 0.05) is 17.4 Å². The van der Waals surface area contributed by atoms with Crippen molar-refractivity contribution in [3.05, 3.63) is 46.7 Å². The number of methoxy groups -OCH3 is 1. The van der Waals surface area contributed by atoms with Crippen LogP contribution in [-0.4, -0.2) is 23.0 Å². The molecule has 19 heavy (non-hydrogen) atoms. The molecule has 1 aromatic heterocycles. The van der Waals surface area contributed by atoms with Crippen LogP contribution in [0.5, 0.6) is 5.75 Å². The first-order valence-corrected chi connectivity index (χ1v) is 5.92. The SMILES string of the molecule is COc1c(C)cc(Cl)cc1C(=O)Nc1ncccn1. The number of aryl methyl sites for hydroxylation is 1. The molecule has 6 heteroatoms. The van der Waals surface area contributed by atoms with Crippen molar-refractivity contribution in [2.45, 2.75) is 6.92 Å². The van der Waals surface area contributed by atoms with Crippen LogP contribution in [0, 0.1) is 6.92 Å². The number of hydrogen-bond acceptors (Lipinski definition) is 4. The van der Waals surface area contributed by atoms with E-state index in [4.69, 9.17) is 16.3 Å². The third-order valence-electron chi connectivity index (χ3n) is 2.48. The third-order valence-corrected chi connectivity index (χ3v) is 2.70. The molecule has 1 heterocycles. The Balaban J connectivity index is 2.33. The second kappa shape index (κ2) is 5.67. The summed E-state index contributed by atoms with van der Waals surface area (Å²) in [6.45, 7) is 1.82. The second-order valence-electron chi connectivity index (χ2n) is 3.83. The molecule has 0 atom stereocenters. The molecule has 2 aromatic rings. The monoisotopic (exact) mass is 277 g/mol. The minimum absolute atomic E-state index is 0.229. The molecule has 5 nitrogen and oxygen atoms in total. The maximum Gasteiger partial charge on any atom is 0.261 e. The summed E-state index contributed by atoms with van der Waals surface area (Å²) < 4.78 is 5.23. The van der Waals surface area contributed by atoms with E-state index in [0.717, 1.165) is 5.56 Å². The number of aromatic nitrogens is 2. The Hall–Kier alpha value is -2.14. The Morgan fingerprint density at radius 1 is 1.32 bits per heavy atom. The van der Waals surface area contributed by atoms with Crippen molar-refractivity contribution in [1.82, 2.24) is 9.97 Å². The molecule has 98 valence electrons. The van der Waals surface area contributed by atoms with Crippen molar-refractivity contribution in [2.24, 2.45) is 0 Å². The average Bonchev–Trinajstić information content (AvgIpc) is 2.39. The van der Waals surface area contributed by atoms with Crippen molar-refractivity contribution < 1.29 is 9.53 Å². The van der Waals surface area contributed by atoms with Gasteiger partial charge in [-0.2, -0.15) is 0 Å². The van der Waals surface area contributed by atoms with Gasteiger partial charge in [-0.25, -0.2) is 9.97 Å². The lowest BCUT2D eigenvalue weighted by Crippen LogP contribution is -2.15. The van der Waals surface area contributed by atoms with Gasteiger partial charge in [0.25, 0.3) is 5.91 Å². The van der Waals surface area contributed by atoms with Crippen LogP contribution in [0.1, 0.15) is 15.9 Å². The highest BCUT2D eigenvalue weighted by atomic mass is 35.5. The predicted octanol–water partition coefficient (Wildman–Crippen LogP) is 2.70. The fourth-order valence-electron chi connectivity index (χ4n) is 1.70. The Bertz CT molecular complexity index is 602. The van der Waals surface area contributed by atoms with Gasteiger partial charge in [-0.15, -0.1) is 0 Å². The molecule has 0 aliphatic heterocycles. The molecule has 1 aromatic carbocycles. The number of rotatable bonds is 3. The van der Waals surface area contributed by atoms with Gasteiger partial charge in [0.15, 0.2) is 0 Å². The van der Waals surface area contributed by atoms with E-state index in [-0.39, 0.29) is 11.9 Å². The number of nitrogens with zero attached hydrogens (tertiary/aromatic N) is 2. The highest BCUT2D eigenvalue weighted by Crippen LogP contribution is 2.27. The van der Waals surface area contributed by atoms with Crippen LogP contribution in [0.4, 0.5) is 5.95 Å². The summed E-state index contributed by atoms with van der Waals surface area (Å²) in [6.07, 6.45) is 3.09. The molecule has 2 rings (SSSR count). The van der Waals surface area contributed by atoms with Gasteiger partial charge in [-0.1, -0.05) is 11.6 Å². The number of amides is 1. The quantitative estimate of drug-likeness (QED) is 0.937. The number of nitrogens with one attached hydrogen (secondary N) is 1. The number of ether oxygens (including phenoxy) is 1. The lowest BCUT2D eigenvalue weighted by molar-refractivity contribution is 0.102. The number of hydrogen-bond donors (Lipinski definition) is 1. The molecule has 1 N–H and O–H groups in total. The third kappa shape index (κ3) is 3.00. The first-order chi connectivity index (χ1) is 9.11. The van der Waals surface area contributed by atoms with Gasteiger partial charge in [-0.05, 0) is 30.7 Å². The van der Waals surface area contributed by atoms with Gasteiger partial charge < -0.3 is 4.74 Å². The van der Waals surface area contributed by atoms with E-state index in [2.05, 4.69) is 15.3 Å². The topological polar surface area (TPSA) is 64.1 Å². The zero-order valence-electron chi connectivity index (χ0n) is 10.5. The summed E-state index contributed by atoms with van der Waals surface area (Å²) in [5, 5.41) is 3.06. The van der Waals surface area contributed by atoms with E-state index in [0.29, 0.717) is 16.3 Å². The van der Waals surface area contributed by atoms with Gasteiger partial charge in [0.1, 0.15) is 5.75 Å². The fraction of sp³-hybridized carbons (Fsp3) is 0.154. The van der Waals surface area contributed by atoms with Gasteiger partial charge in [-0.3, -0.25) is 10.1 Å². The lowest BCUT2D eigenvalue weighted by atomic mass is 10.1. The normalized spacial score (nSPS) is 10.1.